The Morgan fingerprint density at radius 1 is 0.273 bits per heavy atom. The minimum atomic E-state index is 1.10. The Hall–Kier alpha value is -9.80. The summed E-state index contributed by atoms with van der Waals surface area (Å²) in [5, 5.41) is 17.7. The van der Waals surface area contributed by atoms with Crippen LogP contribution in [0.2, 0.25) is 0 Å². The molecule has 14 aromatic carbocycles. The number of thiophene rings is 1. The molecule has 0 aliphatic heterocycles. The molecule has 0 N–H and O–H groups in total. The molecule has 16 aromatic rings. The first-order valence-electron chi connectivity index (χ1n) is 26.5. The van der Waals surface area contributed by atoms with Crippen molar-refractivity contribution in [2.75, 3.05) is 4.90 Å². The molecule has 0 bridgehead atoms. The van der Waals surface area contributed by atoms with Crippen LogP contribution in [0.4, 0.5) is 17.1 Å². The molecule has 2 heterocycles. The SMILES string of the molecule is c1ccc(-c2ccc(N(c3ccc(-c4ccc5c(c4)c4cc(-c6cc7ccccc7c7ccccc67)ccc4n5-c4ccc5c6ccccc6c6ccccc6c5c4)cc3)c3cccc4sc5ccccc5c34)cc2)cc1. The largest absolute Gasteiger partial charge is 0.310 e. The van der Waals surface area contributed by atoms with Crippen LogP contribution in [-0.4, -0.2) is 4.57 Å². The molecular weight excluding hydrogens is 949 g/mol. The van der Waals surface area contributed by atoms with Gasteiger partial charge in [0.05, 0.1) is 16.7 Å². The van der Waals surface area contributed by atoms with E-state index in [1.807, 2.05) is 11.3 Å². The van der Waals surface area contributed by atoms with Gasteiger partial charge in [-0.25, -0.2) is 0 Å². The monoisotopic (exact) mass is 994 g/mol. The summed E-state index contributed by atoms with van der Waals surface area (Å²) in [6, 6.07) is 103. The zero-order valence-corrected chi connectivity index (χ0v) is 42.7. The van der Waals surface area contributed by atoms with Gasteiger partial charge >= 0.3 is 0 Å². The molecule has 0 aliphatic carbocycles. The maximum absolute atomic E-state index is 2.49. The van der Waals surface area contributed by atoms with Gasteiger partial charge in [0.1, 0.15) is 0 Å². The topological polar surface area (TPSA) is 8.17 Å². The number of anilines is 3. The maximum Gasteiger partial charge on any atom is 0.0554 e. The lowest BCUT2D eigenvalue weighted by molar-refractivity contribution is 1.19. The van der Waals surface area contributed by atoms with Crippen LogP contribution in [0.25, 0.3) is 135 Å². The van der Waals surface area contributed by atoms with Crippen LogP contribution in [0.1, 0.15) is 0 Å². The zero-order valence-electron chi connectivity index (χ0n) is 41.9. The Kier molecular flexibility index (Phi) is 9.85. The fraction of sp³-hybridized carbons (Fsp3) is 0. The molecule has 0 radical (unpaired) electrons. The molecule has 0 aliphatic rings. The van der Waals surface area contributed by atoms with E-state index in [4.69, 9.17) is 0 Å². The van der Waals surface area contributed by atoms with Crippen molar-refractivity contribution in [2.45, 2.75) is 0 Å². The van der Waals surface area contributed by atoms with Crippen molar-refractivity contribution in [3.05, 3.63) is 279 Å². The summed E-state index contributed by atoms with van der Waals surface area (Å²) < 4.78 is 5.06. The lowest BCUT2D eigenvalue weighted by Gasteiger charge is -2.27. The van der Waals surface area contributed by atoms with Gasteiger partial charge in [-0.3, -0.25) is 0 Å². The quantitative estimate of drug-likeness (QED) is 0.145. The number of benzene rings is 14. The summed E-state index contributed by atoms with van der Waals surface area (Å²) in [7, 11) is 0. The molecule has 2 nitrogen and oxygen atoms in total. The summed E-state index contributed by atoms with van der Waals surface area (Å²) in [6.45, 7) is 0. The molecule has 0 unspecified atom stereocenters. The van der Waals surface area contributed by atoms with Gasteiger partial charge < -0.3 is 9.47 Å². The van der Waals surface area contributed by atoms with E-state index in [1.165, 1.54) is 129 Å². The van der Waals surface area contributed by atoms with Gasteiger partial charge in [0, 0.05) is 48.0 Å². The summed E-state index contributed by atoms with van der Waals surface area (Å²) in [5.74, 6) is 0. The Labute approximate surface area is 449 Å². The van der Waals surface area contributed by atoms with Crippen LogP contribution in [0.5, 0.6) is 0 Å². The van der Waals surface area contributed by atoms with Crippen LogP contribution in [0.15, 0.2) is 279 Å². The molecule has 3 heteroatoms. The van der Waals surface area contributed by atoms with E-state index >= 15 is 0 Å². The number of nitrogens with zero attached hydrogens (tertiary/aromatic N) is 2. The van der Waals surface area contributed by atoms with Crippen LogP contribution < -0.4 is 4.90 Å². The van der Waals surface area contributed by atoms with Crippen LogP contribution in [-0.2, 0) is 0 Å². The van der Waals surface area contributed by atoms with Gasteiger partial charge in [0.2, 0.25) is 0 Å². The summed E-state index contributed by atoms with van der Waals surface area (Å²) in [6.07, 6.45) is 0. The smallest absolute Gasteiger partial charge is 0.0554 e. The second kappa shape index (κ2) is 17.4. The highest BCUT2D eigenvalue weighted by Gasteiger charge is 2.21. The first kappa shape index (κ1) is 43.6. The third-order valence-electron chi connectivity index (χ3n) is 16.1. The Morgan fingerprint density at radius 3 is 1.43 bits per heavy atom. The summed E-state index contributed by atoms with van der Waals surface area (Å²) >= 11 is 1.86. The molecule has 0 spiro atoms. The second-order valence-electron chi connectivity index (χ2n) is 20.4. The van der Waals surface area contributed by atoms with Crippen molar-refractivity contribution < 1.29 is 0 Å². The highest BCUT2D eigenvalue weighted by Crippen LogP contribution is 2.47. The standard InChI is InChI=1S/C74H46N2S/c1-2-15-47(16-3-1)48-29-35-53(36-30-48)75(71-26-14-28-73-74(71)64-25-12-13-27-72(64)77-73)54-37-31-49(32-38-54)50-33-41-69-67(43-50)68-45-52(65-44-51-17-4-5-18-56(51)57-19-6-10-23-61(57)65)34-42-70(68)76(69)55-39-40-63-60-22-8-7-20-58(60)59-21-9-11-24-62(59)66(63)46-55/h1-46H. The van der Waals surface area contributed by atoms with Gasteiger partial charge in [0.15, 0.2) is 0 Å². The van der Waals surface area contributed by atoms with Crippen molar-refractivity contribution in [1.29, 1.82) is 0 Å². The van der Waals surface area contributed by atoms with Gasteiger partial charge in [0.25, 0.3) is 0 Å². The molecule has 0 saturated heterocycles. The Bertz CT molecular complexity index is 4990. The highest BCUT2D eigenvalue weighted by atomic mass is 32.1. The van der Waals surface area contributed by atoms with Crippen molar-refractivity contribution in [3.63, 3.8) is 0 Å². The first-order valence-corrected chi connectivity index (χ1v) is 27.3. The van der Waals surface area contributed by atoms with Gasteiger partial charge in [-0.05, 0) is 172 Å². The molecule has 0 amide bonds. The average Bonchev–Trinajstić information content (AvgIpc) is 4.05. The molecule has 358 valence electrons. The van der Waals surface area contributed by atoms with E-state index < -0.39 is 0 Å². The minimum absolute atomic E-state index is 1.10. The van der Waals surface area contributed by atoms with Gasteiger partial charge in [-0.15, -0.1) is 11.3 Å². The second-order valence-corrected chi connectivity index (χ2v) is 21.4. The molecule has 16 rings (SSSR count). The van der Waals surface area contributed by atoms with E-state index in [2.05, 4.69) is 289 Å². The summed E-state index contributed by atoms with van der Waals surface area (Å²) in [4.78, 5) is 2.43. The fourth-order valence-corrected chi connectivity index (χ4v) is 13.7. The molecular formula is C74H46N2S. The third kappa shape index (κ3) is 6.95. The number of aromatic nitrogens is 1. The zero-order chi connectivity index (χ0) is 50.6. The molecule has 0 saturated carbocycles. The van der Waals surface area contributed by atoms with Crippen LogP contribution in [0, 0.1) is 0 Å². The minimum Gasteiger partial charge on any atom is -0.310 e. The van der Waals surface area contributed by atoms with Crippen molar-refractivity contribution >= 4 is 124 Å². The lowest BCUT2D eigenvalue weighted by Crippen LogP contribution is -2.10. The molecule has 2 aromatic heterocycles. The van der Waals surface area contributed by atoms with Crippen LogP contribution >= 0.6 is 11.3 Å². The predicted molar refractivity (Wildman–Crippen MR) is 332 cm³/mol. The summed E-state index contributed by atoms with van der Waals surface area (Å²) in [5.41, 5.74) is 14.0. The number of fused-ring (bicyclic) bond motifs is 15. The lowest BCUT2D eigenvalue weighted by atomic mass is 9.92. The normalized spacial score (nSPS) is 11.9. The third-order valence-corrected chi connectivity index (χ3v) is 17.3. The average molecular weight is 995 g/mol. The molecule has 77 heavy (non-hydrogen) atoms. The van der Waals surface area contributed by atoms with E-state index in [0.29, 0.717) is 0 Å². The molecule has 0 atom stereocenters. The van der Waals surface area contributed by atoms with Gasteiger partial charge in [-0.1, -0.05) is 194 Å². The number of hydrogen-bond donors (Lipinski definition) is 0. The maximum atomic E-state index is 2.49. The van der Waals surface area contributed by atoms with E-state index in [1.54, 1.807) is 0 Å². The van der Waals surface area contributed by atoms with Crippen molar-refractivity contribution in [1.82, 2.24) is 4.57 Å². The van der Waals surface area contributed by atoms with Gasteiger partial charge in [-0.2, -0.15) is 0 Å². The van der Waals surface area contributed by atoms with E-state index in [0.717, 1.165) is 22.6 Å². The van der Waals surface area contributed by atoms with E-state index in [9.17, 15) is 0 Å². The molecule has 0 fully saturated rings. The predicted octanol–water partition coefficient (Wildman–Crippen LogP) is 21.4. The number of rotatable bonds is 7. The first-order chi connectivity index (χ1) is 38.2. The van der Waals surface area contributed by atoms with Crippen molar-refractivity contribution in [2.24, 2.45) is 0 Å². The number of hydrogen-bond acceptors (Lipinski definition) is 2. The highest BCUT2D eigenvalue weighted by molar-refractivity contribution is 7.26. The van der Waals surface area contributed by atoms with Crippen molar-refractivity contribution in [3.8, 4) is 39.1 Å². The van der Waals surface area contributed by atoms with E-state index in [-0.39, 0.29) is 0 Å². The van der Waals surface area contributed by atoms with Crippen LogP contribution in [0.3, 0.4) is 0 Å². The Morgan fingerprint density at radius 2 is 0.753 bits per heavy atom. The fourth-order valence-electron chi connectivity index (χ4n) is 12.6. The Balaban J connectivity index is 0.878.